The van der Waals surface area contributed by atoms with Gasteiger partial charge >= 0.3 is 0 Å². The fraction of sp³-hybridized carbons (Fsp3) is 0.737. The van der Waals surface area contributed by atoms with E-state index < -0.39 is 0 Å². The van der Waals surface area contributed by atoms with Crippen LogP contribution in [0.4, 0.5) is 0 Å². The Morgan fingerprint density at radius 1 is 0.800 bits per heavy atom. The van der Waals surface area contributed by atoms with Crippen molar-refractivity contribution in [2.24, 2.45) is 7.05 Å². The normalized spacial score (nSPS) is 16.0. The van der Waals surface area contributed by atoms with Crippen LogP contribution in [0.5, 0.6) is 0 Å². The Labute approximate surface area is 155 Å². The van der Waals surface area contributed by atoms with Crippen LogP contribution >= 0.6 is 0 Å². The van der Waals surface area contributed by atoms with Gasteiger partial charge in [-0.15, -0.1) is 0 Å². The second kappa shape index (κ2) is 15.7. The van der Waals surface area contributed by atoms with Crippen LogP contribution in [0.25, 0.3) is 0 Å². The first-order chi connectivity index (χ1) is 10.5. The van der Waals surface area contributed by atoms with Crippen LogP contribution in [0, 0.1) is 0 Å². The summed E-state index contributed by atoms with van der Waals surface area (Å²) in [4.78, 5) is 28.8. The lowest BCUT2D eigenvalue weighted by Gasteiger charge is -2.11. The van der Waals surface area contributed by atoms with E-state index in [1.165, 1.54) is 12.8 Å². The Hall–Kier alpha value is -1.85. The molecule has 0 aromatic carbocycles. The monoisotopic (exact) mass is 356 g/mol. The van der Waals surface area contributed by atoms with Crippen molar-refractivity contribution in [1.29, 1.82) is 0 Å². The number of amides is 2. The molecule has 0 spiro atoms. The summed E-state index contributed by atoms with van der Waals surface area (Å²) in [6.07, 6.45) is 11.4. The van der Waals surface area contributed by atoms with E-state index in [-0.39, 0.29) is 22.3 Å². The van der Waals surface area contributed by atoms with Crippen LogP contribution in [-0.2, 0) is 16.6 Å². The minimum atomic E-state index is 0. The van der Waals surface area contributed by atoms with Crippen molar-refractivity contribution < 1.29 is 9.59 Å². The molecule has 25 heavy (non-hydrogen) atoms. The van der Waals surface area contributed by atoms with E-state index in [1.54, 1.807) is 17.4 Å². The summed E-state index contributed by atoms with van der Waals surface area (Å²) in [5.74, 6) is 0.604. The minimum Gasteiger partial charge on any atom is -0.346 e. The van der Waals surface area contributed by atoms with Crippen molar-refractivity contribution in [3.8, 4) is 0 Å². The quantitative estimate of drug-likeness (QED) is 0.714. The predicted molar refractivity (Wildman–Crippen MR) is 106 cm³/mol. The van der Waals surface area contributed by atoms with Crippen LogP contribution in [0.15, 0.2) is 18.7 Å². The zero-order chi connectivity index (χ0) is 16.4. The van der Waals surface area contributed by atoms with E-state index in [9.17, 15) is 9.59 Å². The van der Waals surface area contributed by atoms with Gasteiger partial charge in [0.1, 0.15) is 0 Å². The summed E-state index contributed by atoms with van der Waals surface area (Å²) in [5, 5.41) is 0. The zero-order valence-electron chi connectivity index (χ0n) is 14.0. The highest BCUT2D eigenvalue weighted by molar-refractivity contribution is 5.77. The number of aromatic nitrogens is 2. The van der Waals surface area contributed by atoms with Gasteiger partial charge in [0, 0.05) is 59.5 Å². The summed E-state index contributed by atoms with van der Waals surface area (Å²) in [6, 6.07) is 0. The van der Waals surface area contributed by atoms with Crippen LogP contribution in [0.3, 0.4) is 0 Å². The van der Waals surface area contributed by atoms with Crippen molar-refractivity contribution in [3.63, 3.8) is 0 Å². The molecule has 0 bridgehead atoms. The second-order valence-electron chi connectivity index (χ2n) is 5.77. The Morgan fingerprint density at radius 2 is 1.32 bits per heavy atom. The smallest absolute Gasteiger partial charge is 0.222 e. The van der Waals surface area contributed by atoms with Crippen LogP contribution in [0.1, 0.15) is 60.8 Å². The summed E-state index contributed by atoms with van der Waals surface area (Å²) in [5.41, 5.74) is 0. The number of aryl methyl sites for hydroxylation is 1. The average Bonchev–Trinajstić information content (AvgIpc) is 3.07. The highest BCUT2D eigenvalue weighted by Crippen LogP contribution is 2.08. The fourth-order valence-electron chi connectivity index (χ4n) is 2.23. The fourth-order valence-corrected chi connectivity index (χ4v) is 2.23. The van der Waals surface area contributed by atoms with Gasteiger partial charge in [-0.2, -0.15) is 0 Å². The number of carbonyl (C=O) groups excluding carboxylic acids is 2. The molecule has 0 aliphatic carbocycles. The molecule has 0 unspecified atom stereocenters. The van der Waals surface area contributed by atoms with Gasteiger partial charge in [-0.25, -0.2) is 4.98 Å². The van der Waals surface area contributed by atoms with Crippen molar-refractivity contribution in [1.82, 2.24) is 19.4 Å². The molecule has 0 N–H and O–H groups in total. The van der Waals surface area contributed by atoms with Crippen molar-refractivity contribution >= 4 is 11.8 Å². The zero-order valence-corrected chi connectivity index (χ0v) is 14.0. The molecule has 2 aliphatic heterocycles. The molecule has 3 heterocycles. The Kier molecular flexibility index (Phi) is 17.5. The van der Waals surface area contributed by atoms with E-state index in [1.807, 2.05) is 36.8 Å². The molecule has 3 rings (SSSR count). The molecule has 0 saturated carbocycles. The second-order valence-corrected chi connectivity index (χ2v) is 5.77. The number of carbonyl (C=O) groups is 2. The molecule has 2 aliphatic rings. The van der Waals surface area contributed by atoms with E-state index in [0.29, 0.717) is 11.8 Å². The van der Waals surface area contributed by atoms with Gasteiger partial charge in [0.2, 0.25) is 11.8 Å². The van der Waals surface area contributed by atoms with Gasteiger partial charge in [0.15, 0.2) is 0 Å². The lowest BCUT2D eigenvalue weighted by atomic mass is 10.2. The van der Waals surface area contributed by atoms with Gasteiger partial charge in [-0.05, 0) is 19.3 Å². The number of imidazole rings is 1. The third-order valence-electron chi connectivity index (χ3n) is 3.76. The minimum absolute atomic E-state index is 0. The molecule has 6 nitrogen and oxygen atoms in total. The van der Waals surface area contributed by atoms with Gasteiger partial charge in [-0.3, -0.25) is 9.59 Å². The molecule has 1 aromatic rings. The Bertz CT molecular complexity index is 446. The van der Waals surface area contributed by atoms with E-state index in [0.717, 1.165) is 38.8 Å². The molecule has 2 saturated heterocycles. The summed E-state index contributed by atoms with van der Waals surface area (Å²) >= 11 is 0. The highest BCUT2D eigenvalue weighted by Gasteiger charge is 2.14. The van der Waals surface area contributed by atoms with Crippen molar-refractivity contribution in [3.05, 3.63) is 18.7 Å². The Balaban J connectivity index is -0.000000279. The molecule has 2 fully saturated rings. The van der Waals surface area contributed by atoms with E-state index in [2.05, 4.69) is 4.98 Å². The standard InChI is InChI=1S/C7H13NO.C5H9NO.C4H6N2.3CH4/c1-8-6-4-2-3-5-7(8)9;1-6-4-2-3-5(6)7;1-6-3-2-5-4-6;;;/h2-6H2,1H3;2-4H2,1H3;2-4H,1H3;3*1H4. The maximum Gasteiger partial charge on any atom is 0.222 e. The Morgan fingerprint density at radius 3 is 1.68 bits per heavy atom. The molecular formula is C19H40N4O2. The molecule has 148 valence electrons. The van der Waals surface area contributed by atoms with Crippen LogP contribution in [-0.4, -0.2) is 58.4 Å². The van der Waals surface area contributed by atoms with E-state index in [4.69, 9.17) is 0 Å². The van der Waals surface area contributed by atoms with Crippen LogP contribution < -0.4 is 0 Å². The highest BCUT2D eigenvalue weighted by atomic mass is 16.2. The van der Waals surface area contributed by atoms with Gasteiger partial charge in [0.25, 0.3) is 0 Å². The first kappa shape index (κ1) is 28.0. The number of likely N-dealkylation sites (tertiary alicyclic amines) is 2. The van der Waals surface area contributed by atoms with Gasteiger partial charge in [0.05, 0.1) is 6.33 Å². The average molecular weight is 357 g/mol. The maximum absolute atomic E-state index is 10.9. The lowest BCUT2D eigenvalue weighted by molar-refractivity contribution is -0.129. The first-order valence-electron chi connectivity index (χ1n) is 7.90. The van der Waals surface area contributed by atoms with Gasteiger partial charge < -0.3 is 14.4 Å². The largest absolute Gasteiger partial charge is 0.346 e. The molecule has 2 amide bonds. The predicted octanol–water partition coefficient (Wildman–Crippen LogP) is 3.59. The molecule has 0 radical (unpaired) electrons. The summed E-state index contributed by atoms with van der Waals surface area (Å²) in [6.45, 7) is 1.91. The first-order valence-corrected chi connectivity index (χ1v) is 7.90. The van der Waals surface area contributed by atoms with Crippen molar-refractivity contribution in [2.75, 3.05) is 27.2 Å². The maximum atomic E-state index is 10.9. The molecule has 1 aromatic heterocycles. The summed E-state index contributed by atoms with van der Waals surface area (Å²) in [7, 11) is 5.66. The molecule has 0 atom stereocenters. The molecular weight excluding hydrogens is 316 g/mol. The number of hydrogen-bond acceptors (Lipinski definition) is 3. The third kappa shape index (κ3) is 12.2. The lowest BCUT2D eigenvalue weighted by Crippen LogP contribution is -2.25. The SMILES string of the molecule is C.C.C.CN1CCCC1=O.CN1CCCCCC1=O.Cn1ccnc1. The number of rotatable bonds is 0. The third-order valence-corrected chi connectivity index (χ3v) is 3.76. The topological polar surface area (TPSA) is 58.4 Å². The molecule has 6 heteroatoms. The van der Waals surface area contributed by atoms with Crippen molar-refractivity contribution in [2.45, 2.75) is 60.8 Å². The number of hydrogen-bond donors (Lipinski definition) is 0. The van der Waals surface area contributed by atoms with Crippen LogP contribution in [0.2, 0.25) is 0 Å². The number of nitrogens with zero attached hydrogens (tertiary/aromatic N) is 4. The van der Waals surface area contributed by atoms with Gasteiger partial charge in [-0.1, -0.05) is 28.7 Å². The summed E-state index contributed by atoms with van der Waals surface area (Å²) < 4.78 is 1.89. The van der Waals surface area contributed by atoms with E-state index >= 15 is 0 Å².